The van der Waals surface area contributed by atoms with E-state index in [9.17, 15) is 0 Å². The molecule has 0 nitrogen and oxygen atoms in total. The van der Waals surface area contributed by atoms with Crippen molar-refractivity contribution in [3.05, 3.63) is 24.8 Å². The molecule has 0 fully saturated rings. The Morgan fingerprint density at radius 3 is 2.00 bits per heavy atom. The highest BCUT2D eigenvalue weighted by Crippen LogP contribution is 2.06. The fourth-order valence-corrected chi connectivity index (χ4v) is 1.48. The molecule has 0 radical (unpaired) electrons. The number of hydrogen-bond donors (Lipinski definition) is 0. The van der Waals surface area contributed by atoms with Gasteiger partial charge in [-0.05, 0) is 32.1 Å². The van der Waals surface area contributed by atoms with E-state index in [0.29, 0.717) is 0 Å². The minimum Gasteiger partial charge on any atom is -0.103 e. The highest BCUT2D eigenvalue weighted by molar-refractivity contribution is 4.77. The summed E-state index contributed by atoms with van der Waals surface area (Å²) in [6.45, 7) is 12.5. The van der Waals surface area contributed by atoms with Gasteiger partial charge in [0, 0.05) is 0 Å². The van der Waals surface area contributed by atoms with Gasteiger partial charge in [-0.15, -0.1) is 6.58 Å². The van der Waals surface area contributed by atoms with Crippen molar-refractivity contribution in [2.75, 3.05) is 0 Å². The molecule has 0 aromatic carbocycles. The molecule has 0 heteroatoms. The molecule has 0 aromatic rings. The number of hydrogen-bond acceptors (Lipinski definition) is 0. The second kappa shape index (κ2) is 17.9. The molecule has 0 aliphatic rings. The Kier molecular flexibility index (Phi) is 19.8. The molecule has 0 spiro atoms. The molecule has 0 N–H and O–H groups in total. The summed E-state index contributed by atoms with van der Waals surface area (Å²) in [5, 5.41) is 0. The summed E-state index contributed by atoms with van der Waals surface area (Å²) >= 11 is 0. The maximum absolute atomic E-state index is 3.69. The first-order valence-corrected chi connectivity index (χ1v) is 7.41. The second-order valence-corrected chi connectivity index (χ2v) is 5.04. The molecule has 0 rings (SSSR count). The van der Waals surface area contributed by atoms with Crippen LogP contribution in [0.5, 0.6) is 0 Å². The van der Waals surface area contributed by atoms with Crippen molar-refractivity contribution in [2.24, 2.45) is 5.92 Å². The smallest absolute Gasteiger partial charge is 0.0328 e. The SMILES string of the molecule is C=CCCCCCCCC.CC=CCC(C)C. The summed E-state index contributed by atoms with van der Waals surface area (Å²) in [7, 11) is 0. The van der Waals surface area contributed by atoms with Crippen molar-refractivity contribution in [3.63, 3.8) is 0 Å². The van der Waals surface area contributed by atoms with E-state index in [4.69, 9.17) is 0 Å². The van der Waals surface area contributed by atoms with Crippen LogP contribution in [0.1, 0.15) is 79.1 Å². The van der Waals surface area contributed by atoms with Gasteiger partial charge in [-0.3, -0.25) is 0 Å². The zero-order valence-corrected chi connectivity index (χ0v) is 12.7. The van der Waals surface area contributed by atoms with E-state index >= 15 is 0 Å². The Morgan fingerprint density at radius 2 is 1.59 bits per heavy atom. The molecular formula is C17H34. The van der Waals surface area contributed by atoms with Crippen LogP contribution < -0.4 is 0 Å². The molecular weight excluding hydrogens is 204 g/mol. The summed E-state index contributed by atoms with van der Waals surface area (Å²) in [6, 6.07) is 0. The predicted molar refractivity (Wildman–Crippen MR) is 82.5 cm³/mol. The normalized spacial score (nSPS) is 10.4. The minimum atomic E-state index is 0.816. The Hall–Kier alpha value is -0.520. The van der Waals surface area contributed by atoms with E-state index in [1.54, 1.807) is 0 Å². The van der Waals surface area contributed by atoms with E-state index in [0.717, 1.165) is 5.92 Å². The summed E-state index contributed by atoms with van der Waals surface area (Å²) in [5.74, 6) is 0.816. The Bertz CT molecular complexity index is 153. The van der Waals surface area contributed by atoms with Crippen LogP contribution in [-0.4, -0.2) is 0 Å². The first-order valence-electron chi connectivity index (χ1n) is 7.41. The Morgan fingerprint density at radius 1 is 1.00 bits per heavy atom. The van der Waals surface area contributed by atoms with Crippen LogP contribution in [0, 0.1) is 5.92 Å². The van der Waals surface area contributed by atoms with Crippen molar-refractivity contribution < 1.29 is 0 Å². The van der Waals surface area contributed by atoms with E-state index in [1.807, 2.05) is 6.08 Å². The largest absolute Gasteiger partial charge is 0.103 e. The van der Waals surface area contributed by atoms with Gasteiger partial charge in [-0.25, -0.2) is 0 Å². The third-order valence-corrected chi connectivity index (χ3v) is 2.60. The van der Waals surface area contributed by atoms with Crippen LogP contribution in [-0.2, 0) is 0 Å². The predicted octanol–water partition coefficient (Wildman–Crippen LogP) is 6.53. The monoisotopic (exact) mass is 238 g/mol. The van der Waals surface area contributed by atoms with Crippen LogP contribution in [0.4, 0.5) is 0 Å². The van der Waals surface area contributed by atoms with Crippen molar-refractivity contribution in [1.29, 1.82) is 0 Å². The average Bonchev–Trinajstić information content (AvgIpc) is 2.32. The summed E-state index contributed by atoms with van der Waals surface area (Å²) < 4.78 is 0. The maximum Gasteiger partial charge on any atom is -0.0328 e. The van der Waals surface area contributed by atoms with E-state index in [1.165, 1.54) is 51.4 Å². The lowest BCUT2D eigenvalue weighted by molar-refractivity contribution is 0.611. The van der Waals surface area contributed by atoms with Crippen molar-refractivity contribution in [2.45, 2.75) is 79.1 Å². The molecule has 102 valence electrons. The van der Waals surface area contributed by atoms with Crippen molar-refractivity contribution in [3.8, 4) is 0 Å². The van der Waals surface area contributed by atoms with Gasteiger partial charge < -0.3 is 0 Å². The fraction of sp³-hybridized carbons (Fsp3) is 0.765. The van der Waals surface area contributed by atoms with E-state index in [2.05, 4.69) is 46.4 Å². The maximum atomic E-state index is 3.69. The van der Waals surface area contributed by atoms with Gasteiger partial charge >= 0.3 is 0 Å². The average molecular weight is 238 g/mol. The topological polar surface area (TPSA) is 0 Å². The van der Waals surface area contributed by atoms with Gasteiger partial charge in [0.15, 0.2) is 0 Å². The molecule has 0 aliphatic carbocycles. The summed E-state index contributed by atoms with van der Waals surface area (Å²) in [6.07, 6.45) is 17.1. The van der Waals surface area contributed by atoms with Crippen LogP contribution >= 0.6 is 0 Å². The lowest BCUT2D eigenvalue weighted by Gasteiger charge is -1.96. The second-order valence-electron chi connectivity index (χ2n) is 5.04. The number of unbranched alkanes of at least 4 members (excludes halogenated alkanes) is 6. The van der Waals surface area contributed by atoms with Gasteiger partial charge in [0.05, 0.1) is 0 Å². The highest BCUT2D eigenvalue weighted by atomic mass is 13.9. The van der Waals surface area contributed by atoms with Crippen molar-refractivity contribution in [1.82, 2.24) is 0 Å². The van der Waals surface area contributed by atoms with Crippen LogP contribution in [0.2, 0.25) is 0 Å². The minimum absolute atomic E-state index is 0.816. The van der Waals surface area contributed by atoms with Crippen LogP contribution in [0.3, 0.4) is 0 Å². The number of rotatable bonds is 9. The van der Waals surface area contributed by atoms with Crippen LogP contribution in [0.25, 0.3) is 0 Å². The van der Waals surface area contributed by atoms with Gasteiger partial charge in [-0.2, -0.15) is 0 Å². The molecule has 0 saturated heterocycles. The lowest BCUT2D eigenvalue weighted by Crippen LogP contribution is -1.79. The Balaban J connectivity index is 0. The van der Waals surface area contributed by atoms with Gasteiger partial charge in [-0.1, -0.05) is 71.1 Å². The molecule has 0 heterocycles. The third-order valence-electron chi connectivity index (χ3n) is 2.60. The lowest BCUT2D eigenvalue weighted by atomic mass is 10.1. The van der Waals surface area contributed by atoms with Crippen LogP contribution in [0.15, 0.2) is 24.8 Å². The summed E-state index contributed by atoms with van der Waals surface area (Å²) in [5.41, 5.74) is 0. The fourth-order valence-electron chi connectivity index (χ4n) is 1.48. The molecule has 0 atom stereocenters. The first kappa shape index (κ1) is 18.8. The Labute approximate surface area is 110 Å². The molecule has 0 saturated carbocycles. The van der Waals surface area contributed by atoms with Gasteiger partial charge in [0.1, 0.15) is 0 Å². The number of allylic oxidation sites excluding steroid dienone is 3. The molecule has 0 unspecified atom stereocenters. The zero-order chi connectivity index (χ0) is 13.4. The molecule has 0 amide bonds. The van der Waals surface area contributed by atoms with Gasteiger partial charge in [0.2, 0.25) is 0 Å². The quantitative estimate of drug-likeness (QED) is 0.316. The van der Waals surface area contributed by atoms with Crippen molar-refractivity contribution >= 4 is 0 Å². The molecule has 0 aromatic heterocycles. The first-order chi connectivity index (χ1) is 8.18. The molecule has 0 bridgehead atoms. The van der Waals surface area contributed by atoms with Gasteiger partial charge in [0.25, 0.3) is 0 Å². The van der Waals surface area contributed by atoms with E-state index in [-0.39, 0.29) is 0 Å². The molecule has 0 aliphatic heterocycles. The van der Waals surface area contributed by atoms with E-state index < -0.39 is 0 Å². The summed E-state index contributed by atoms with van der Waals surface area (Å²) in [4.78, 5) is 0. The highest BCUT2D eigenvalue weighted by Gasteiger charge is 1.86. The third kappa shape index (κ3) is 25.6. The standard InChI is InChI=1S/C10H20.C7H14/c1-3-5-7-9-10-8-6-4-2;1-4-5-6-7(2)3/h3H,1,4-10H2,2H3;4-5,7H,6H2,1-3H3. The molecule has 17 heavy (non-hydrogen) atoms. The zero-order valence-electron chi connectivity index (χ0n) is 12.7.